The Balaban J connectivity index is 0.000000237. The van der Waals surface area contributed by atoms with Gasteiger partial charge < -0.3 is 20.7 Å². The molecule has 1 aliphatic heterocycles. The molecule has 0 radical (unpaired) electrons. The van der Waals surface area contributed by atoms with Gasteiger partial charge in [0.25, 0.3) is 0 Å². The van der Waals surface area contributed by atoms with Crippen LogP contribution in [-0.4, -0.2) is 48.9 Å². The summed E-state index contributed by atoms with van der Waals surface area (Å²) in [5.41, 5.74) is 8.80. The molecule has 1 aliphatic rings. The Morgan fingerprint density at radius 3 is 1.91 bits per heavy atom. The van der Waals surface area contributed by atoms with Gasteiger partial charge in [0.2, 0.25) is 5.91 Å². The standard InChI is InChI=1S/C16H21N3O4.C12H10/c17-16(22)23-14-5-8-19(9-6-14)10-7-15(21)18-13-3-1-12(11-20)2-4-13;1-3-7-11(8-4-1)12-9-5-2-6-10-12/h1-4,11,14H,5-10H2,(H2,17,22)(H,18,21);1-10H. The first-order valence-corrected chi connectivity index (χ1v) is 11.7. The van der Waals surface area contributed by atoms with Gasteiger partial charge >= 0.3 is 6.09 Å². The number of carbonyl (C=O) groups is 3. The van der Waals surface area contributed by atoms with Gasteiger partial charge in [0.1, 0.15) is 12.4 Å². The molecule has 0 unspecified atom stereocenters. The van der Waals surface area contributed by atoms with Crippen LogP contribution in [0, 0.1) is 0 Å². The van der Waals surface area contributed by atoms with E-state index < -0.39 is 6.09 Å². The summed E-state index contributed by atoms with van der Waals surface area (Å²) in [6.07, 6.45) is 1.76. The molecule has 0 bridgehead atoms. The van der Waals surface area contributed by atoms with Crippen molar-refractivity contribution in [3.63, 3.8) is 0 Å². The molecule has 4 rings (SSSR count). The van der Waals surface area contributed by atoms with Crippen LogP contribution in [0.1, 0.15) is 29.6 Å². The van der Waals surface area contributed by atoms with Gasteiger partial charge in [-0.1, -0.05) is 60.7 Å². The number of amides is 2. The maximum atomic E-state index is 11.9. The van der Waals surface area contributed by atoms with Crippen LogP contribution in [0.3, 0.4) is 0 Å². The molecule has 1 heterocycles. The number of rotatable bonds is 7. The minimum atomic E-state index is -0.733. The number of benzene rings is 3. The van der Waals surface area contributed by atoms with Gasteiger partial charge in [-0.25, -0.2) is 4.79 Å². The van der Waals surface area contributed by atoms with Gasteiger partial charge in [0, 0.05) is 37.3 Å². The zero-order valence-corrected chi connectivity index (χ0v) is 19.6. The van der Waals surface area contributed by atoms with Crippen molar-refractivity contribution in [1.82, 2.24) is 4.90 Å². The number of hydrogen-bond acceptors (Lipinski definition) is 5. The Kier molecular flexibility index (Phi) is 10.0. The van der Waals surface area contributed by atoms with Crippen molar-refractivity contribution >= 4 is 24.0 Å². The lowest BCUT2D eigenvalue weighted by Gasteiger charge is -2.30. The van der Waals surface area contributed by atoms with E-state index in [1.165, 1.54) is 11.1 Å². The highest BCUT2D eigenvalue weighted by Crippen LogP contribution is 2.17. The number of hydrogen-bond donors (Lipinski definition) is 2. The zero-order valence-electron chi connectivity index (χ0n) is 19.6. The number of ether oxygens (including phenoxy) is 1. The third-order valence-electron chi connectivity index (χ3n) is 5.68. The summed E-state index contributed by atoms with van der Waals surface area (Å²) in [7, 11) is 0. The minimum Gasteiger partial charge on any atom is -0.446 e. The van der Waals surface area contributed by atoms with Crippen molar-refractivity contribution in [2.24, 2.45) is 5.73 Å². The number of aldehydes is 1. The highest BCUT2D eigenvalue weighted by molar-refractivity contribution is 5.91. The normalized spacial score (nSPS) is 13.7. The van der Waals surface area contributed by atoms with Gasteiger partial charge in [-0.3, -0.25) is 9.59 Å². The molecule has 3 N–H and O–H groups in total. The van der Waals surface area contributed by atoms with Gasteiger partial charge in [-0.2, -0.15) is 0 Å². The Morgan fingerprint density at radius 1 is 0.886 bits per heavy atom. The molecule has 0 aromatic heterocycles. The number of anilines is 1. The Labute approximate surface area is 205 Å². The fourth-order valence-corrected chi connectivity index (χ4v) is 3.80. The van der Waals surface area contributed by atoms with E-state index in [9.17, 15) is 14.4 Å². The van der Waals surface area contributed by atoms with Crippen LogP contribution in [-0.2, 0) is 9.53 Å². The van der Waals surface area contributed by atoms with Crippen LogP contribution in [0.4, 0.5) is 10.5 Å². The largest absolute Gasteiger partial charge is 0.446 e. The molecule has 3 aromatic carbocycles. The Hall–Kier alpha value is -3.97. The SMILES string of the molecule is NC(=O)OC1CCN(CCC(=O)Nc2ccc(C=O)cc2)CC1.c1ccc(-c2ccccc2)cc1. The van der Waals surface area contributed by atoms with E-state index in [1.807, 2.05) is 12.1 Å². The van der Waals surface area contributed by atoms with Crippen LogP contribution in [0.25, 0.3) is 11.1 Å². The Bertz CT molecular complexity index is 1030. The van der Waals surface area contributed by atoms with Crippen molar-refractivity contribution in [3.05, 3.63) is 90.5 Å². The molecule has 1 saturated heterocycles. The van der Waals surface area contributed by atoms with E-state index in [0.29, 0.717) is 24.2 Å². The van der Waals surface area contributed by atoms with Gasteiger partial charge in [-0.15, -0.1) is 0 Å². The molecule has 2 amide bonds. The molecular formula is C28H31N3O4. The first-order valence-electron chi connectivity index (χ1n) is 11.7. The molecule has 0 spiro atoms. The van der Waals surface area contributed by atoms with Crippen molar-refractivity contribution in [1.29, 1.82) is 0 Å². The molecular weight excluding hydrogens is 442 g/mol. The molecule has 0 saturated carbocycles. The smallest absolute Gasteiger partial charge is 0.404 e. The number of nitrogens with two attached hydrogens (primary N) is 1. The molecule has 182 valence electrons. The summed E-state index contributed by atoms with van der Waals surface area (Å²) in [6.45, 7) is 2.21. The predicted octanol–water partition coefficient (Wildman–Crippen LogP) is 4.74. The van der Waals surface area contributed by atoms with Gasteiger partial charge in [0.15, 0.2) is 0 Å². The number of piperidine rings is 1. The van der Waals surface area contributed by atoms with Crippen molar-refractivity contribution in [2.45, 2.75) is 25.4 Å². The van der Waals surface area contributed by atoms with Crippen molar-refractivity contribution in [3.8, 4) is 11.1 Å². The number of primary amides is 1. The lowest BCUT2D eigenvalue weighted by atomic mass is 10.1. The summed E-state index contributed by atoms with van der Waals surface area (Å²) in [6, 6.07) is 27.5. The summed E-state index contributed by atoms with van der Waals surface area (Å²) >= 11 is 0. The second kappa shape index (κ2) is 13.7. The molecule has 7 nitrogen and oxygen atoms in total. The van der Waals surface area contributed by atoms with E-state index in [4.69, 9.17) is 10.5 Å². The monoisotopic (exact) mass is 473 g/mol. The molecule has 7 heteroatoms. The van der Waals surface area contributed by atoms with Crippen LogP contribution in [0.5, 0.6) is 0 Å². The summed E-state index contributed by atoms with van der Waals surface area (Å²) in [4.78, 5) is 35.4. The minimum absolute atomic E-state index is 0.0700. The fraction of sp³-hybridized carbons (Fsp3) is 0.250. The van der Waals surface area contributed by atoms with E-state index in [-0.39, 0.29) is 12.0 Å². The maximum absolute atomic E-state index is 11.9. The molecule has 0 atom stereocenters. The number of likely N-dealkylation sites (tertiary alicyclic amines) is 1. The lowest BCUT2D eigenvalue weighted by molar-refractivity contribution is -0.116. The quantitative estimate of drug-likeness (QED) is 0.483. The number of carbonyl (C=O) groups excluding carboxylic acids is 3. The zero-order chi connectivity index (χ0) is 24.9. The van der Waals surface area contributed by atoms with Crippen molar-refractivity contribution < 1.29 is 19.1 Å². The van der Waals surface area contributed by atoms with Gasteiger partial charge in [0.05, 0.1) is 0 Å². The van der Waals surface area contributed by atoms with Crippen LogP contribution < -0.4 is 11.1 Å². The van der Waals surface area contributed by atoms with Crippen LogP contribution in [0.15, 0.2) is 84.9 Å². The number of nitrogens with one attached hydrogen (secondary N) is 1. The lowest BCUT2D eigenvalue weighted by Crippen LogP contribution is -2.39. The highest BCUT2D eigenvalue weighted by atomic mass is 16.6. The average Bonchev–Trinajstić information content (AvgIpc) is 2.90. The third-order valence-corrected chi connectivity index (χ3v) is 5.68. The third kappa shape index (κ3) is 9.06. The predicted molar refractivity (Wildman–Crippen MR) is 137 cm³/mol. The first-order chi connectivity index (χ1) is 17.0. The molecule has 0 aliphatic carbocycles. The van der Waals surface area contributed by atoms with Crippen LogP contribution >= 0.6 is 0 Å². The van der Waals surface area contributed by atoms with E-state index in [0.717, 1.165) is 32.2 Å². The second-order valence-electron chi connectivity index (χ2n) is 8.25. The Morgan fingerprint density at radius 2 is 1.43 bits per heavy atom. The summed E-state index contributed by atoms with van der Waals surface area (Å²) in [5.74, 6) is -0.0700. The molecule has 1 fully saturated rings. The maximum Gasteiger partial charge on any atom is 0.404 e. The summed E-state index contributed by atoms with van der Waals surface area (Å²) < 4.78 is 4.97. The van der Waals surface area contributed by atoms with E-state index in [1.54, 1.807) is 24.3 Å². The molecule has 35 heavy (non-hydrogen) atoms. The summed E-state index contributed by atoms with van der Waals surface area (Å²) in [5, 5.41) is 2.80. The average molecular weight is 474 g/mol. The first kappa shape index (κ1) is 25.6. The topological polar surface area (TPSA) is 102 Å². The van der Waals surface area contributed by atoms with Crippen molar-refractivity contribution in [2.75, 3.05) is 25.0 Å². The van der Waals surface area contributed by atoms with E-state index in [2.05, 4.69) is 58.7 Å². The molecule has 3 aromatic rings. The highest BCUT2D eigenvalue weighted by Gasteiger charge is 2.21. The number of nitrogens with zero attached hydrogens (tertiary/aromatic N) is 1. The van der Waals surface area contributed by atoms with E-state index >= 15 is 0 Å². The van der Waals surface area contributed by atoms with Crippen LogP contribution in [0.2, 0.25) is 0 Å². The van der Waals surface area contributed by atoms with Gasteiger partial charge in [-0.05, 0) is 48.2 Å². The second-order valence-corrected chi connectivity index (χ2v) is 8.25. The fourth-order valence-electron chi connectivity index (χ4n) is 3.80.